The predicted octanol–water partition coefficient (Wildman–Crippen LogP) is 14.6. The number of hydrogen-bond donors (Lipinski definition) is 0. The van der Waals surface area contributed by atoms with Crippen molar-refractivity contribution in [3.05, 3.63) is 101 Å². The Morgan fingerprint density at radius 1 is 0.864 bits per heavy atom. The van der Waals surface area contributed by atoms with Gasteiger partial charge in [-0.1, -0.05) is 123 Å². The molecule has 1 aromatic rings. The van der Waals surface area contributed by atoms with E-state index in [9.17, 15) is 4.39 Å². The van der Waals surface area contributed by atoms with E-state index in [4.69, 9.17) is 0 Å². The third-order valence-corrected chi connectivity index (χ3v) is 9.51. The second-order valence-electron chi connectivity index (χ2n) is 13.5. The molecule has 0 nitrogen and oxygen atoms in total. The molecule has 1 aromatic carbocycles. The van der Waals surface area contributed by atoms with E-state index in [2.05, 4.69) is 118 Å². The lowest BCUT2D eigenvalue weighted by Crippen LogP contribution is -2.20. The highest BCUT2D eigenvalue weighted by atomic mass is 19.1. The molecule has 44 heavy (non-hydrogen) atoms. The molecule has 0 radical (unpaired) electrons. The van der Waals surface area contributed by atoms with Gasteiger partial charge in [0.25, 0.3) is 0 Å². The van der Waals surface area contributed by atoms with Crippen molar-refractivity contribution in [1.29, 1.82) is 0 Å². The van der Waals surface area contributed by atoms with Crippen LogP contribution in [-0.4, -0.2) is 0 Å². The maximum Gasteiger partial charge on any atom is 0.100 e. The van der Waals surface area contributed by atoms with E-state index in [0.29, 0.717) is 36.0 Å². The van der Waals surface area contributed by atoms with Gasteiger partial charge in [-0.15, -0.1) is 13.2 Å². The van der Waals surface area contributed by atoms with E-state index < -0.39 is 0 Å². The monoisotopic (exact) mass is 603 g/mol. The van der Waals surface area contributed by atoms with E-state index in [1.807, 2.05) is 6.92 Å². The molecule has 1 heteroatoms. The van der Waals surface area contributed by atoms with Crippen molar-refractivity contribution in [2.24, 2.45) is 17.8 Å². The molecule has 0 bridgehead atoms. The Balaban J connectivity index is 4.03. The Bertz CT molecular complexity index is 1140. The van der Waals surface area contributed by atoms with Crippen LogP contribution in [0.25, 0.3) is 5.57 Å². The summed E-state index contributed by atoms with van der Waals surface area (Å²) in [5.41, 5.74) is 9.06. The fourth-order valence-electron chi connectivity index (χ4n) is 6.30. The molecule has 0 saturated heterocycles. The molecule has 0 aliphatic carbocycles. The fourth-order valence-corrected chi connectivity index (χ4v) is 6.30. The van der Waals surface area contributed by atoms with Gasteiger partial charge < -0.3 is 0 Å². The molecular weight excluding hydrogens is 535 g/mol. The lowest BCUT2D eigenvalue weighted by Gasteiger charge is -2.33. The number of rotatable bonds is 21. The molecule has 246 valence electrons. The first-order valence-electron chi connectivity index (χ1n) is 17.8. The molecule has 0 heterocycles. The minimum absolute atomic E-state index is 0.0600. The summed E-state index contributed by atoms with van der Waals surface area (Å²) in [6.45, 7) is 30.7. The van der Waals surface area contributed by atoms with Crippen LogP contribution in [-0.2, 0) is 0 Å². The lowest BCUT2D eigenvalue weighted by molar-refractivity contribution is 0.313. The molecule has 0 spiro atoms. The summed E-state index contributed by atoms with van der Waals surface area (Å²) in [6, 6.07) is 7.30. The summed E-state index contributed by atoms with van der Waals surface area (Å²) in [4.78, 5) is 0. The Kier molecular flexibility index (Phi) is 19.2. The van der Waals surface area contributed by atoms with Gasteiger partial charge in [-0.05, 0) is 128 Å². The van der Waals surface area contributed by atoms with Crippen LogP contribution in [0.5, 0.6) is 0 Å². The van der Waals surface area contributed by atoms with Crippen LogP contribution >= 0.6 is 0 Å². The van der Waals surface area contributed by atoms with Crippen molar-refractivity contribution in [3.63, 3.8) is 0 Å². The summed E-state index contributed by atoms with van der Waals surface area (Å²) >= 11 is 0. The van der Waals surface area contributed by atoms with E-state index >= 15 is 0 Å². The molecule has 0 saturated carbocycles. The van der Waals surface area contributed by atoms with E-state index in [0.717, 1.165) is 50.5 Å². The van der Waals surface area contributed by atoms with Gasteiger partial charge in [-0.2, -0.15) is 0 Å². The van der Waals surface area contributed by atoms with Crippen molar-refractivity contribution < 1.29 is 4.39 Å². The van der Waals surface area contributed by atoms with Crippen LogP contribution in [0.2, 0.25) is 0 Å². The van der Waals surface area contributed by atoms with E-state index in [-0.39, 0.29) is 5.83 Å². The van der Waals surface area contributed by atoms with Gasteiger partial charge in [-0.3, -0.25) is 0 Å². The van der Waals surface area contributed by atoms with Crippen molar-refractivity contribution in [3.8, 4) is 0 Å². The molecule has 0 aliphatic heterocycles. The zero-order valence-corrected chi connectivity index (χ0v) is 30.4. The first kappa shape index (κ1) is 39.6. The van der Waals surface area contributed by atoms with E-state index in [1.165, 1.54) is 46.3 Å². The zero-order chi connectivity index (χ0) is 33.2. The third-order valence-electron chi connectivity index (χ3n) is 9.51. The molecule has 4 unspecified atom stereocenters. The molecule has 4 atom stereocenters. The number of halogens is 1. The van der Waals surface area contributed by atoms with Crippen molar-refractivity contribution in [2.75, 3.05) is 0 Å². The zero-order valence-electron chi connectivity index (χ0n) is 30.4. The van der Waals surface area contributed by atoms with Gasteiger partial charge >= 0.3 is 0 Å². The maximum absolute atomic E-state index is 14.7. The topological polar surface area (TPSA) is 0 Å². The van der Waals surface area contributed by atoms with Gasteiger partial charge in [-0.25, -0.2) is 4.39 Å². The second-order valence-corrected chi connectivity index (χ2v) is 13.5. The predicted molar refractivity (Wildman–Crippen MR) is 198 cm³/mol. The average Bonchev–Trinajstić information content (AvgIpc) is 3.01. The summed E-state index contributed by atoms with van der Waals surface area (Å²) in [5, 5.41) is 0. The van der Waals surface area contributed by atoms with Crippen LogP contribution in [0.1, 0.15) is 162 Å². The SMILES string of the molecule is C=CCCC(CCC)c1ccc(/C(C)=C/C(=C(\C)CCC)C(/C=C(/F)CC)=C/CCC)cc1C(CC(C)C=C)C(C)C(C)C. The van der Waals surface area contributed by atoms with Crippen LogP contribution in [0.3, 0.4) is 0 Å². The molecule has 0 aliphatic rings. The Hall–Kier alpha value is -2.41. The van der Waals surface area contributed by atoms with Gasteiger partial charge in [0.05, 0.1) is 0 Å². The highest BCUT2D eigenvalue weighted by Gasteiger charge is 2.28. The maximum atomic E-state index is 14.7. The average molecular weight is 603 g/mol. The fraction of sp³-hybridized carbons (Fsp3) is 0.581. The lowest BCUT2D eigenvalue weighted by atomic mass is 9.72. The van der Waals surface area contributed by atoms with Crippen LogP contribution in [0.15, 0.2) is 84.3 Å². The minimum atomic E-state index is -0.0600. The molecule has 0 fully saturated rings. The van der Waals surface area contributed by atoms with Crippen molar-refractivity contribution in [1.82, 2.24) is 0 Å². The van der Waals surface area contributed by atoms with Crippen molar-refractivity contribution in [2.45, 2.75) is 145 Å². The summed E-state index contributed by atoms with van der Waals surface area (Å²) in [7, 11) is 0. The van der Waals surface area contributed by atoms with Gasteiger partial charge in [0, 0.05) is 0 Å². The van der Waals surface area contributed by atoms with Crippen molar-refractivity contribution >= 4 is 5.57 Å². The number of unbranched alkanes of at least 4 members (excludes halogenated alkanes) is 1. The first-order valence-corrected chi connectivity index (χ1v) is 17.8. The van der Waals surface area contributed by atoms with E-state index in [1.54, 1.807) is 6.08 Å². The minimum Gasteiger partial charge on any atom is -0.212 e. The van der Waals surface area contributed by atoms with Crippen LogP contribution < -0.4 is 0 Å². The Morgan fingerprint density at radius 3 is 2.11 bits per heavy atom. The summed E-state index contributed by atoms with van der Waals surface area (Å²) in [5.74, 6) is 2.50. The molecule has 0 amide bonds. The quantitative estimate of drug-likeness (QED) is 0.0970. The number of allylic oxidation sites excluding steroid dienone is 10. The Labute approximate surface area is 273 Å². The second kappa shape index (κ2) is 21.3. The van der Waals surface area contributed by atoms with Gasteiger partial charge in [0.1, 0.15) is 5.83 Å². The summed E-state index contributed by atoms with van der Waals surface area (Å²) in [6.07, 6.45) is 20.7. The van der Waals surface area contributed by atoms with Gasteiger partial charge in [0.15, 0.2) is 0 Å². The number of benzene rings is 1. The Morgan fingerprint density at radius 2 is 1.57 bits per heavy atom. The summed E-state index contributed by atoms with van der Waals surface area (Å²) < 4.78 is 14.7. The molecule has 1 rings (SSSR count). The third kappa shape index (κ3) is 12.5. The normalized spacial score (nSPS) is 16.4. The number of hydrogen-bond acceptors (Lipinski definition) is 0. The molecule has 0 aromatic heterocycles. The molecule has 0 N–H and O–H groups in total. The van der Waals surface area contributed by atoms with Gasteiger partial charge in [0.2, 0.25) is 0 Å². The highest BCUT2D eigenvalue weighted by Crippen LogP contribution is 2.42. The largest absolute Gasteiger partial charge is 0.212 e. The highest BCUT2D eigenvalue weighted by molar-refractivity contribution is 5.71. The van der Waals surface area contributed by atoms with Crippen LogP contribution in [0, 0.1) is 17.8 Å². The van der Waals surface area contributed by atoms with Crippen LogP contribution in [0.4, 0.5) is 4.39 Å². The molecular formula is C43H67F. The standard InChI is InChI=1S/C43H67F/c1-13-19-23-36(22-16-4)40-26-25-37(30-43(40)42(27-32(9)17-5)35(12)31(7)8)34(11)28-41(33(10)21-15-3)38(24-20-14-2)29-39(44)18-6/h13,17,24-26,28-32,35-36,42H,1,5,14-16,18-23,27H2,2-4,6-12H3/b34-28+,38-24+,39-29+,41-33-. The smallest absolute Gasteiger partial charge is 0.100 e. The first-order chi connectivity index (χ1) is 21.0.